The Morgan fingerprint density at radius 3 is 3.00 bits per heavy atom. The fourth-order valence-electron chi connectivity index (χ4n) is 3.01. The minimum Gasteiger partial charge on any atom is -0.392 e. The Bertz CT molecular complexity index is 923. The van der Waals surface area contributed by atoms with Crippen molar-refractivity contribution in [3.05, 3.63) is 27.6 Å². The maximum atomic E-state index is 12.3. The summed E-state index contributed by atoms with van der Waals surface area (Å²) < 4.78 is 4.18. The highest BCUT2D eigenvalue weighted by Crippen LogP contribution is 2.32. The molecule has 1 aliphatic carbocycles. The van der Waals surface area contributed by atoms with Crippen molar-refractivity contribution in [3.63, 3.8) is 0 Å². The normalized spacial score (nSPS) is 16.7. The van der Waals surface area contributed by atoms with Crippen LogP contribution in [0.5, 0.6) is 0 Å². The molecule has 1 unspecified atom stereocenters. The van der Waals surface area contributed by atoms with Gasteiger partial charge in [0.2, 0.25) is 5.78 Å². The summed E-state index contributed by atoms with van der Waals surface area (Å²) in [4.78, 5) is 14.4. The summed E-state index contributed by atoms with van der Waals surface area (Å²) in [5, 5.41) is 20.5. The predicted molar refractivity (Wildman–Crippen MR) is 88.7 cm³/mol. The Morgan fingerprint density at radius 2 is 2.26 bits per heavy atom. The second-order valence-electron chi connectivity index (χ2n) is 6.35. The summed E-state index contributed by atoms with van der Waals surface area (Å²) in [5.74, 6) is 1.79. The molecule has 1 N–H and O–H groups in total. The lowest BCUT2D eigenvalue weighted by Crippen LogP contribution is -2.30. The summed E-state index contributed by atoms with van der Waals surface area (Å²) in [6, 6.07) is 1.93. The molecule has 8 heteroatoms. The summed E-state index contributed by atoms with van der Waals surface area (Å²) in [7, 11) is 3.69. The van der Waals surface area contributed by atoms with Gasteiger partial charge in [0.25, 0.3) is 5.56 Å². The molecule has 23 heavy (non-hydrogen) atoms. The van der Waals surface area contributed by atoms with Gasteiger partial charge in [-0.1, -0.05) is 0 Å². The Labute approximate surface area is 136 Å². The molecule has 4 rings (SSSR count). The molecule has 0 radical (unpaired) electrons. The van der Waals surface area contributed by atoms with Crippen LogP contribution in [0.25, 0.3) is 16.0 Å². The Morgan fingerprint density at radius 1 is 1.48 bits per heavy atom. The Kier molecular flexibility index (Phi) is 3.47. The minimum absolute atomic E-state index is 0.0426. The fraction of sp³-hybridized carbons (Fsp3) is 0.533. The van der Waals surface area contributed by atoms with E-state index in [9.17, 15) is 9.90 Å². The van der Waals surface area contributed by atoms with Crippen LogP contribution in [0.3, 0.4) is 0 Å². The zero-order valence-corrected chi connectivity index (χ0v) is 14.0. The van der Waals surface area contributed by atoms with Gasteiger partial charge in [-0.2, -0.15) is 0 Å². The Balaban J connectivity index is 1.71. The molecule has 0 bridgehead atoms. The molecule has 3 heterocycles. The molecule has 0 aliphatic heterocycles. The van der Waals surface area contributed by atoms with E-state index >= 15 is 0 Å². The van der Waals surface area contributed by atoms with Crippen LogP contribution in [-0.2, 0) is 13.6 Å². The molecular weight excluding hydrogens is 314 g/mol. The number of fused-ring (bicyclic) bond motifs is 3. The first kappa shape index (κ1) is 14.8. The van der Waals surface area contributed by atoms with Crippen LogP contribution >= 0.6 is 11.3 Å². The van der Waals surface area contributed by atoms with Gasteiger partial charge in [0.1, 0.15) is 4.70 Å². The zero-order chi connectivity index (χ0) is 16.1. The maximum Gasteiger partial charge on any atom is 0.272 e. The SMILES string of the molecule is CN(Cc1nnc2n(C)c(=O)c3sccc3n12)CC(O)C1CC1. The third kappa shape index (κ3) is 2.46. The summed E-state index contributed by atoms with van der Waals surface area (Å²) in [6.45, 7) is 1.20. The van der Waals surface area contributed by atoms with E-state index in [4.69, 9.17) is 0 Å². The van der Waals surface area contributed by atoms with Crippen molar-refractivity contribution in [1.82, 2.24) is 24.1 Å². The second kappa shape index (κ2) is 5.40. The average molecular weight is 333 g/mol. The highest BCUT2D eigenvalue weighted by atomic mass is 32.1. The number of nitrogens with zero attached hydrogens (tertiary/aromatic N) is 5. The zero-order valence-electron chi connectivity index (χ0n) is 13.1. The molecule has 3 aromatic rings. The van der Waals surface area contributed by atoms with Gasteiger partial charge in [-0.3, -0.25) is 18.7 Å². The number of thiophene rings is 1. The van der Waals surface area contributed by atoms with Gasteiger partial charge in [-0.15, -0.1) is 21.5 Å². The van der Waals surface area contributed by atoms with Crippen molar-refractivity contribution in [1.29, 1.82) is 0 Å². The van der Waals surface area contributed by atoms with E-state index in [1.54, 1.807) is 7.05 Å². The van der Waals surface area contributed by atoms with Gasteiger partial charge in [0.05, 0.1) is 18.2 Å². The Hall–Kier alpha value is -1.77. The smallest absolute Gasteiger partial charge is 0.272 e. The van der Waals surface area contributed by atoms with Crippen LogP contribution in [0.1, 0.15) is 18.7 Å². The quantitative estimate of drug-likeness (QED) is 0.749. The number of aliphatic hydroxyl groups excluding tert-OH is 1. The van der Waals surface area contributed by atoms with Gasteiger partial charge in [0.15, 0.2) is 5.82 Å². The monoisotopic (exact) mass is 333 g/mol. The predicted octanol–water partition coefficient (Wildman–Crippen LogP) is 0.845. The highest BCUT2D eigenvalue weighted by Gasteiger charge is 2.30. The number of aromatic nitrogens is 4. The first-order valence-electron chi connectivity index (χ1n) is 7.73. The minimum atomic E-state index is -0.273. The van der Waals surface area contributed by atoms with Gasteiger partial charge in [-0.25, -0.2) is 0 Å². The summed E-state index contributed by atoms with van der Waals surface area (Å²) >= 11 is 1.43. The van der Waals surface area contributed by atoms with E-state index in [0.29, 0.717) is 29.5 Å². The van der Waals surface area contributed by atoms with Crippen molar-refractivity contribution in [3.8, 4) is 0 Å². The van der Waals surface area contributed by atoms with Gasteiger partial charge in [-0.05, 0) is 37.3 Å². The topological polar surface area (TPSA) is 75.7 Å². The lowest BCUT2D eigenvalue weighted by molar-refractivity contribution is 0.103. The molecular formula is C15H19N5O2S. The maximum absolute atomic E-state index is 12.3. The van der Waals surface area contributed by atoms with Crippen molar-refractivity contribution >= 4 is 27.3 Å². The molecule has 1 saturated carbocycles. The summed E-state index contributed by atoms with van der Waals surface area (Å²) in [5.41, 5.74) is 0.809. The van der Waals surface area contributed by atoms with Crippen molar-refractivity contribution < 1.29 is 5.11 Å². The van der Waals surface area contributed by atoms with Crippen LogP contribution in [0.2, 0.25) is 0 Å². The molecule has 0 amide bonds. The molecule has 0 aromatic carbocycles. The van der Waals surface area contributed by atoms with Crippen molar-refractivity contribution in [2.45, 2.75) is 25.5 Å². The number of hydrogen-bond donors (Lipinski definition) is 1. The molecule has 7 nitrogen and oxygen atoms in total. The molecule has 3 aromatic heterocycles. The van der Waals surface area contributed by atoms with Crippen molar-refractivity contribution in [2.75, 3.05) is 13.6 Å². The van der Waals surface area contributed by atoms with Crippen LogP contribution in [0, 0.1) is 5.92 Å². The first-order chi connectivity index (χ1) is 11.1. The van der Waals surface area contributed by atoms with Crippen LogP contribution in [0.15, 0.2) is 16.2 Å². The summed E-state index contributed by atoms with van der Waals surface area (Å²) in [6.07, 6.45) is 1.98. The van der Waals surface area contributed by atoms with E-state index in [1.807, 2.05) is 22.9 Å². The van der Waals surface area contributed by atoms with E-state index in [-0.39, 0.29) is 11.7 Å². The van der Waals surface area contributed by atoms with Crippen LogP contribution < -0.4 is 5.56 Å². The fourth-order valence-corrected chi connectivity index (χ4v) is 3.86. The molecule has 1 atom stereocenters. The molecule has 122 valence electrons. The second-order valence-corrected chi connectivity index (χ2v) is 7.27. The van der Waals surface area contributed by atoms with E-state index in [1.165, 1.54) is 15.9 Å². The third-order valence-corrected chi connectivity index (χ3v) is 5.37. The number of hydrogen-bond acceptors (Lipinski definition) is 6. The van der Waals surface area contributed by atoms with E-state index < -0.39 is 0 Å². The van der Waals surface area contributed by atoms with E-state index in [2.05, 4.69) is 15.1 Å². The molecule has 0 spiro atoms. The molecule has 1 fully saturated rings. The van der Waals surface area contributed by atoms with Crippen LogP contribution in [0.4, 0.5) is 0 Å². The highest BCUT2D eigenvalue weighted by molar-refractivity contribution is 7.17. The first-order valence-corrected chi connectivity index (χ1v) is 8.61. The number of rotatable bonds is 5. The third-order valence-electron chi connectivity index (χ3n) is 4.47. The van der Waals surface area contributed by atoms with Gasteiger partial charge >= 0.3 is 0 Å². The molecule has 1 aliphatic rings. The van der Waals surface area contributed by atoms with Crippen molar-refractivity contribution in [2.24, 2.45) is 13.0 Å². The number of likely N-dealkylation sites (N-methyl/N-ethyl adjacent to an activating group) is 1. The molecule has 0 saturated heterocycles. The van der Waals surface area contributed by atoms with Gasteiger partial charge < -0.3 is 5.11 Å². The lowest BCUT2D eigenvalue weighted by atomic mass is 10.2. The lowest BCUT2D eigenvalue weighted by Gasteiger charge is -2.19. The largest absolute Gasteiger partial charge is 0.392 e. The number of aliphatic hydroxyl groups is 1. The standard InChI is InChI=1S/C15H19N5O2S/c1-18(7-11(21)9-3-4-9)8-12-16-17-15-19(2)14(22)13-10(20(12)15)5-6-23-13/h5-6,9,11,21H,3-4,7-8H2,1-2H3. The van der Waals surface area contributed by atoms with Gasteiger partial charge in [0, 0.05) is 13.6 Å². The number of aryl methyl sites for hydroxylation is 1. The average Bonchev–Trinajstić information content (AvgIpc) is 3.12. The van der Waals surface area contributed by atoms with Crippen LogP contribution in [-0.4, -0.2) is 48.9 Å². The van der Waals surface area contributed by atoms with E-state index in [0.717, 1.165) is 24.2 Å².